The minimum Gasteiger partial charge on any atom is -0.466 e. The summed E-state index contributed by atoms with van der Waals surface area (Å²) in [5, 5.41) is 7.50. The van der Waals surface area contributed by atoms with Crippen molar-refractivity contribution in [1.29, 1.82) is 0 Å². The first kappa shape index (κ1) is 17.8. The van der Waals surface area contributed by atoms with Crippen LogP contribution in [0.2, 0.25) is 0 Å². The normalized spacial score (nSPS) is 21.5. The predicted octanol–water partition coefficient (Wildman–Crippen LogP) is 6.56. The predicted molar refractivity (Wildman–Crippen MR) is 120 cm³/mol. The third-order valence-electron chi connectivity index (χ3n) is 6.87. The van der Waals surface area contributed by atoms with Gasteiger partial charge in [-0.3, -0.25) is 0 Å². The van der Waals surface area contributed by atoms with E-state index in [0.717, 1.165) is 25.0 Å². The minimum absolute atomic E-state index is 0.275. The van der Waals surface area contributed by atoms with Crippen molar-refractivity contribution in [2.24, 2.45) is 5.10 Å². The van der Waals surface area contributed by atoms with Gasteiger partial charge < -0.3 is 4.74 Å². The summed E-state index contributed by atoms with van der Waals surface area (Å²) in [7, 11) is 0. The molecular formula is C27H26N2O. The number of nitrogens with zero attached hydrogens (tertiary/aromatic N) is 2. The lowest BCUT2D eigenvalue weighted by Gasteiger charge is -2.49. The molecule has 1 saturated carbocycles. The third-order valence-corrected chi connectivity index (χ3v) is 6.87. The van der Waals surface area contributed by atoms with Crippen LogP contribution >= 0.6 is 0 Å². The summed E-state index contributed by atoms with van der Waals surface area (Å²) in [6, 6.07) is 28.2. The number of para-hydroxylation sites is 1. The molecule has 2 aliphatic heterocycles. The molecule has 1 aliphatic carbocycles. The van der Waals surface area contributed by atoms with E-state index in [2.05, 4.69) is 83.9 Å². The average molecular weight is 395 g/mol. The summed E-state index contributed by atoms with van der Waals surface area (Å²) in [5.74, 6) is 1.05. The van der Waals surface area contributed by atoms with Gasteiger partial charge in [0.2, 0.25) is 0 Å². The smallest absolute Gasteiger partial charge is 0.198 e. The van der Waals surface area contributed by atoms with E-state index < -0.39 is 0 Å². The third kappa shape index (κ3) is 2.84. The lowest BCUT2D eigenvalue weighted by molar-refractivity contribution is -0.140. The quantitative estimate of drug-likeness (QED) is 0.492. The van der Waals surface area contributed by atoms with Gasteiger partial charge in [-0.05, 0) is 35.6 Å². The van der Waals surface area contributed by atoms with Gasteiger partial charge in [0.25, 0.3) is 0 Å². The highest BCUT2D eigenvalue weighted by molar-refractivity contribution is 6.02. The Kier molecular flexibility index (Phi) is 4.15. The Morgan fingerprint density at radius 2 is 1.40 bits per heavy atom. The second-order valence-corrected chi connectivity index (χ2v) is 8.70. The molecule has 0 aromatic heterocycles. The van der Waals surface area contributed by atoms with Crippen LogP contribution in [0.4, 0.5) is 0 Å². The van der Waals surface area contributed by atoms with E-state index in [-0.39, 0.29) is 11.8 Å². The number of benzene rings is 3. The molecule has 0 N–H and O–H groups in total. The highest BCUT2D eigenvalue weighted by Crippen LogP contribution is 2.51. The van der Waals surface area contributed by atoms with Crippen molar-refractivity contribution in [3.05, 3.63) is 90.0 Å². The fourth-order valence-corrected chi connectivity index (χ4v) is 5.32. The molecular weight excluding hydrogens is 368 g/mol. The first-order chi connectivity index (χ1) is 14.8. The van der Waals surface area contributed by atoms with Gasteiger partial charge in [-0.2, -0.15) is 5.10 Å². The van der Waals surface area contributed by atoms with Gasteiger partial charge >= 0.3 is 0 Å². The molecule has 3 aliphatic rings. The van der Waals surface area contributed by atoms with Crippen LogP contribution in [0.3, 0.4) is 0 Å². The SMILES string of the molecule is c1ccc(-c2ccc(C3=NN4C(C3)c3ccccc3OC43CCCCC3)cc2)cc1. The second-order valence-electron chi connectivity index (χ2n) is 8.70. The number of rotatable bonds is 2. The summed E-state index contributed by atoms with van der Waals surface area (Å²) in [6.07, 6.45) is 6.77. The fourth-order valence-electron chi connectivity index (χ4n) is 5.32. The van der Waals surface area contributed by atoms with E-state index in [1.165, 1.54) is 47.2 Å². The maximum atomic E-state index is 6.65. The van der Waals surface area contributed by atoms with Crippen LogP contribution in [0.15, 0.2) is 84.0 Å². The Balaban J connectivity index is 1.36. The van der Waals surface area contributed by atoms with Gasteiger partial charge in [0, 0.05) is 24.8 Å². The summed E-state index contributed by atoms with van der Waals surface area (Å²) in [5.41, 5.74) is 5.88. The van der Waals surface area contributed by atoms with Crippen LogP contribution < -0.4 is 4.74 Å². The standard InChI is InChI=1S/C27H26N2O/c1-3-9-20(10-4-1)21-13-15-22(16-14-21)24-19-25-23-11-5-6-12-26(23)30-27(29(25)28-24)17-7-2-8-18-27/h1,3-6,9-16,25H,2,7-8,17-19H2. The summed E-state index contributed by atoms with van der Waals surface area (Å²) < 4.78 is 6.65. The number of hydrogen-bond acceptors (Lipinski definition) is 3. The van der Waals surface area contributed by atoms with E-state index in [4.69, 9.17) is 9.84 Å². The lowest BCUT2D eigenvalue weighted by Crippen LogP contribution is -2.54. The van der Waals surface area contributed by atoms with Crippen LogP contribution in [-0.4, -0.2) is 16.4 Å². The topological polar surface area (TPSA) is 24.8 Å². The molecule has 3 nitrogen and oxygen atoms in total. The zero-order chi connectivity index (χ0) is 20.0. The van der Waals surface area contributed by atoms with Crippen molar-refractivity contribution >= 4 is 5.71 Å². The fraction of sp³-hybridized carbons (Fsp3) is 0.296. The molecule has 0 radical (unpaired) electrons. The van der Waals surface area contributed by atoms with Gasteiger partial charge in [-0.25, -0.2) is 5.01 Å². The Hall–Kier alpha value is -3.07. The van der Waals surface area contributed by atoms with Crippen molar-refractivity contribution in [2.75, 3.05) is 0 Å². The number of fused-ring (bicyclic) bond motifs is 4. The largest absolute Gasteiger partial charge is 0.466 e. The van der Waals surface area contributed by atoms with Crippen LogP contribution in [0.5, 0.6) is 5.75 Å². The highest BCUT2D eigenvalue weighted by Gasteiger charge is 2.50. The zero-order valence-corrected chi connectivity index (χ0v) is 17.1. The molecule has 1 unspecified atom stereocenters. The van der Waals surface area contributed by atoms with Crippen LogP contribution in [0.1, 0.15) is 55.7 Å². The van der Waals surface area contributed by atoms with Crippen molar-refractivity contribution in [2.45, 2.75) is 50.3 Å². The van der Waals surface area contributed by atoms with Gasteiger partial charge in [0.05, 0.1) is 11.8 Å². The average Bonchev–Trinajstić information content (AvgIpc) is 3.28. The van der Waals surface area contributed by atoms with Crippen molar-refractivity contribution in [3.8, 4) is 16.9 Å². The Morgan fingerprint density at radius 3 is 2.20 bits per heavy atom. The van der Waals surface area contributed by atoms with E-state index in [9.17, 15) is 0 Å². The molecule has 1 atom stereocenters. The van der Waals surface area contributed by atoms with Crippen molar-refractivity contribution in [1.82, 2.24) is 5.01 Å². The molecule has 150 valence electrons. The molecule has 6 rings (SSSR count). The lowest BCUT2D eigenvalue weighted by atomic mass is 9.86. The Morgan fingerprint density at radius 1 is 0.733 bits per heavy atom. The maximum Gasteiger partial charge on any atom is 0.198 e. The van der Waals surface area contributed by atoms with Crippen LogP contribution in [-0.2, 0) is 0 Å². The van der Waals surface area contributed by atoms with Gasteiger partial charge in [0.15, 0.2) is 5.72 Å². The molecule has 3 heteroatoms. The van der Waals surface area contributed by atoms with Gasteiger partial charge in [-0.1, -0.05) is 79.2 Å². The van der Waals surface area contributed by atoms with E-state index >= 15 is 0 Å². The Labute approximate surface area is 178 Å². The first-order valence-electron chi connectivity index (χ1n) is 11.1. The Bertz CT molecular complexity index is 1080. The summed E-state index contributed by atoms with van der Waals surface area (Å²) >= 11 is 0. The van der Waals surface area contributed by atoms with Crippen molar-refractivity contribution in [3.63, 3.8) is 0 Å². The summed E-state index contributed by atoms with van der Waals surface area (Å²) in [6.45, 7) is 0. The zero-order valence-electron chi connectivity index (χ0n) is 17.1. The van der Waals surface area contributed by atoms with Gasteiger partial charge in [-0.15, -0.1) is 0 Å². The van der Waals surface area contributed by atoms with Gasteiger partial charge in [0.1, 0.15) is 5.75 Å². The molecule has 0 bridgehead atoms. The first-order valence-corrected chi connectivity index (χ1v) is 11.1. The van der Waals surface area contributed by atoms with Crippen LogP contribution in [0.25, 0.3) is 11.1 Å². The van der Waals surface area contributed by atoms with E-state index in [1.54, 1.807) is 0 Å². The molecule has 3 aromatic rings. The second kappa shape index (κ2) is 7.02. The van der Waals surface area contributed by atoms with Crippen molar-refractivity contribution < 1.29 is 4.74 Å². The van der Waals surface area contributed by atoms with E-state index in [1.807, 2.05) is 0 Å². The monoisotopic (exact) mass is 394 g/mol. The molecule has 0 saturated heterocycles. The molecule has 0 amide bonds. The van der Waals surface area contributed by atoms with E-state index in [0.29, 0.717) is 0 Å². The molecule has 3 aromatic carbocycles. The summed E-state index contributed by atoms with van der Waals surface area (Å²) in [4.78, 5) is 0. The minimum atomic E-state index is -0.275. The molecule has 30 heavy (non-hydrogen) atoms. The van der Waals surface area contributed by atoms with Crippen LogP contribution in [0, 0.1) is 0 Å². The highest BCUT2D eigenvalue weighted by atomic mass is 16.5. The number of hydrogen-bond donors (Lipinski definition) is 0. The number of ether oxygens (including phenoxy) is 1. The number of hydrazone groups is 1. The molecule has 1 spiro atoms. The molecule has 2 heterocycles. The molecule has 1 fully saturated rings. The maximum absolute atomic E-state index is 6.65.